The van der Waals surface area contributed by atoms with Crippen molar-refractivity contribution in [3.8, 4) is 0 Å². The lowest BCUT2D eigenvalue weighted by molar-refractivity contribution is 0.126. The molecule has 0 radical (unpaired) electrons. The third kappa shape index (κ3) is 5.12. The minimum atomic E-state index is -0.236. The highest BCUT2D eigenvalue weighted by atomic mass is 79.9. The van der Waals surface area contributed by atoms with Gasteiger partial charge in [-0.2, -0.15) is 0 Å². The van der Waals surface area contributed by atoms with Gasteiger partial charge in [-0.1, -0.05) is 22.0 Å². The van der Waals surface area contributed by atoms with Crippen LogP contribution in [0.3, 0.4) is 0 Å². The van der Waals surface area contributed by atoms with Crippen LogP contribution in [-0.4, -0.2) is 43.4 Å². The Hall–Kier alpha value is -0.490. The molecule has 5 heteroatoms. The summed E-state index contributed by atoms with van der Waals surface area (Å²) in [5, 5.41) is 8.94. The molecule has 0 aliphatic heterocycles. The standard InChI is InChI=1S/C12H17BrFNO2/c1-17-7-5-15(4-6-16)9-10-2-3-11(13)8-12(10)14/h2-3,8,16H,4-7,9H2,1H3. The van der Waals surface area contributed by atoms with Gasteiger partial charge < -0.3 is 9.84 Å². The van der Waals surface area contributed by atoms with Crippen molar-refractivity contribution < 1.29 is 14.2 Å². The van der Waals surface area contributed by atoms with Gasteiger partial charge in [0.05, 0.1) is 13.2 Å². The molecular weight excluding hydrogens is 289 g/mol. The van der Waals surface area contributed by atoms with Crippen LogP contribution in [0.25, 0.3) is 0 Å². The Morgan fingerprint density at radius 2 is 2.18 bits per heavy atom. The van der Waals surface area contributed by atoms with Gasteiger partial charge in [-0.3, -0.25) is 4.90 Å². The van der Waals surface area contributed by atoms with E-state index in [1.54, 1.807) is 13.2 Å². The number of aliphatic hydroxyl groups excluding tert-OH is 1. The maximum absolute atomic E-state index is 13.6. The number of benzene rings is 1. The summed E-state index contributed by atoms with van der Waals surface area (Å²) in [6, 6.07) is 5.01. The zero-order valence-corrected chi connectivity index (χ0v) is 11.4. The second-order valence-electron chi connectivity index (χ2n) is 3.73. The molecule has 0 spiro atoms. The number of halogens is 2. The zero-order valence-electron chi connectivity index (χ0n) is 9.83. The molecule has 0 unspecified atom stereocenters. The molecule has 3 nitrogen and oxygen atoms in total. The lowest BCUT2D eigenvalue weighted by Crippen LogP contribution is -2.30. The Labute approximate surface area is 109 Å². The number of nitrogens with zero attached hydrogens (tertiary/aromatic N) is 1. The van der Waals surface area contributed by atoms with Crippen molar-refractivity contribution in [1.29, 1.82) is 0 Å². The van der Waals surface area contributed by atoms with E-state index >= 15 is 0 Å². The molecule has 1 aromatic rings. The fourth-order valence-electron chi connectivity index (χ4n) is 1.52. The largest absolute Gasteiger partial charge is 0.395 e. The van der Waals surface area contributed by atoms with Gasteiger partial charge in [0.25, 0.3) is 0 Å². The lowest BCUT2D eigenvalue weighted by atomic mass is 10.2. The second kappa shape index (κ2) is 7.76. The van der Waals surface area contributed by atoms with E-state index < -0.39 is 0 Å². The number of ether oxygens (including phenoxy) is 1. The summed E-state index contributed by atoms with van der Waals surface area (Å²) < 4.78 is 19.3. The fraction of sp³-hybridized carbons (Fsp3) is 0.500. The molecule has 0 aliphatic carbocycles. The topological polar surface area (TPSA) is 32.7 Å². The average Bonchev–Trinajstić information content (AvgIpc) is 2.29. The molecule has 0 aromatic heterocycles. The highest BCUT2D eigenvalue weighted by Gasteiger charge is 2.09. The van der Waals surface area contributed by atoms with E-state index in [-0.39, 0.29) is 12.4 Å². The molecule has 0 saturated carbocycles. The number of rotatable bonds is 7. The number of hydrogen-bond donors (Lipinski definition) is 1. The molecule has 0 heterocycles. The molecule has 96 valence electrons. The van der Waals surface area contributed by atoms with Crippen molar-refractivity contribution >= 4 is 15.9 Å². The van der Waals surface area contributed by atoms with E-state index in [1.165, 1.54) is 6.07 Å². The fourth-order valence-corrected chi connectivity index (χ4v) is 1.86. The monoisotopic (exact) mass is 305 g/mol. The first kappa shape index (κ1) is 14.6. The summed E-state index contributed by atoms with van der Waals surface area (Å²) >= 11 is 3.22. The normalized spacial score (nSPS) is 11.1. The second-order valence-corrected chi connectivity index (χ2v) is 4.64. The van der Waals surface area contributed by atoms with Gasteiger partial charge in [-0.15, -0.1) is 0 Å². The molecule has 0 saturated heterocycles. The van der Waals surface area contributed by atoms with E-state index in [1.807, 2.05) is 11.0 Å². The molecular formula is C12H17BrFNO2. The first-order valence-corrected chi connectivity index (χ1v) is 6.22. The van der Waals surface area contributed by atoms with Gasteiger partial charge in [-0.05, 0) is 12.1 Å². The van der Waals surface area contributed by atoms with Crippen molar-refractivity contribution in [3.63, 3.8) is 0 Å². The summed E-state index contributed by atoms with van der Waals surface area (Å²) in [7, 11) is 1.62. The van der Waals surface area contributed by atoms with Crippen LogP contribution in [0.5, 0.6) is 0 Å². The third-order valence-corrected chi connectivity index (χ3v) is 2.93. The van der Waals surface area contributed by atoms with Gasteiger partial charge >= 0.3 is 0 Å². The van der Waals surface area contributed by atoms with E-state index in [4.69, 9.17) is 9.84 Å². The summed E-state index contributed by atoms with van der Waals surface area (Å²) in [6.45, 7) is 2.29. The van der Waals surface area contributed by atoms with Crippen molar-refractivity contribution in [3.05, 3.63) is 34.1 Å². The van der Waals surface area contributed by atoms with Crippen LogP contribution in [0.1, 0.15) is 5.56 Å². The van der Waals surface area contributed by atoms with Crippen LogP contribution in [0.2, 0.25) is 0 Å². The molecule has 0 amide bonds. The summed E-state index contributed by atoms with van der Waals surface area (Å²) in [6.07, 6.45) is 0. The minimum absolute atomic E-state index is 0.0574. The highest BCUT2D eigenvalue weighted by Crippen LogP contribution is 2.16. The van der Waals surface area contributed by atoms with Crippen LogP contribution >= 0.6 is 15.9 Å². The quantitative estimate of drug-likeness (QED) is 0.837. The van der Waals surface area contributed by atoms with Gasteiger partial charge in [0.1, 0.15) is 5.82 Å². The summed E-state index contributed by atoms with van der Waals surface area (Å²) in [5.41, 5.74) is 0.623. The van der Waals surface area contributed by atoms with Crippen LogP contribution in [0, 0.1) is 5.82 Å². The van der Waals surface area contributed by atoms with Gasteiger partial charge in [-0.25, -0.2) is 4.39 Å². The Kier molecular flexibility index (Phi) is 6.65. The van der Waals surface area contributed by atoms with Crippen molar-refractivity contribution in [2.75, 3.05) is 33.4 Å². The van der Waals surface area contributed by atoms with Crippen LogP contribution in [0.15, 0.2) is 22.7 Å². The molecule has 0 bridgehead atoms. The molecule has 1 aromatic carbocycles. The van der Waals surface area contributed by atoms with Crippen LogP contribution in [-0.2, 0) is 11.3 Å². The molecule has 0 aliphatic rings. The first-order chi connectivity index (χ1) is 8.17. The van der Waals surface area contributed by atoms with E-state index in [0.717, 1.165) is 4.47 Å². The number of aliphatic hydroxyl groups is 1. The van der Waals surface area contributed by atoms with E-state index in [2.05, 4.69) is 15.9 Å². The molecule has 0 fully saturated rings. The SMILES string of the molecule is COCCN(CCO)Cc1ccc(Br)cc1F. The Morgan fingerprint density at radius 3 is 2.76 bits per heavy atom. The predicted octanol–water partition coefficient (Wildman–Crippen LogP) is 2.03. The summed E-state index contributed by atoms with van der Waals surface area (Å²) in [5.74, 6) is -0.236. The number of hydrogen-bond acceptors (Lipinski definition) is 3. The smallest absolute Gasteiger partial charge is 0.128 e. The summed E-state index contributed by atoms with van der Waals surface area (Å²) in [4.78, 5) is 1.95. The minimum Gasteiger partial charge on any atom is -0.395 e. The van der Waals surface area contributed by atoms with Crippen molar-refractivity contribution in [1.82, 2.24) is 4.90 Å². The molecule has 0 atom stereocenters. The maximum atomic E-state index is 13.6. The van der Waals surface area contributed by atoms with Crippen LogP contribution in [0.4, 0.5) is 4.39 Å². The van der Waals surface area contributed by atoms with E-state index in [0.29, 0.717) is 31.8 Å². The predicted molar refractivity (Wildman–Crippen MR) is 68.3 cm³/mol. The Morgan fingerprint density at radius 1 is 1.41 bits per heavy atom. The van der Waals surface area contributed by atoms with Gasteiger partial charge in [0.2, 0.25) is 0 Å². The molecule has 1 rings (SSSR count). The van der Waals surface area contributed by atoms with Crippen molar-refractivity contribution in [2.45, 2.75) is 6.54 Å². The third-order valence-electron chi connectivity index (χ3n) is 2.44. The highest BCUT2D eigenvalue weighted by molar-refractivity contribution is 9.10. The van der Waals surface area contributed by atoms with Crippen LogP contribution < -0.4 is 0 Å². The molecule has 17 heavy (non-hydrogen) atoms. The Bertz CT molecular complexity index is 349. The van der Waals surface area contributed by atoms with Gasteiger partial charge in [0.15, 0.2) is 0 Å². The maximum Gasteiger partial charge on any atom is 0.128 e. The Balaban J connectivity index is 2.64. The van der Waals surface area contributed by atoms with Crippen molar-refractivity contribution in [2.24, 2.45) is 0 Å². The molecule has 1 N–H and O–H groups in total. The van der Waals surface area contributed by atoms with Gasteiger partial charge in [0, 0.05) is 36.8 Å². The first-order valence-electron chi connectivity index (χ1n) is 5.43. The zero-order chi connectivity index (χ0) is 12.7. The average molecular weight is 306 g/mol. The number of methoxy groups -OCH3 is 1. The lowest BCUT2D eigenvalue weighted by Gasteiger charge is -2.21. The van der Waals surface area contributed by atoms with E-state index in [9.17, 15) is 4.39 Å².